The molecule has 1 aromatic carbocycles. The summed E-state index contributed by atoms with van der Waals surface area (Å²) in [4.78, 5) is 20.1. The largest absolute Gasteiger partial charge is 0.433 e. The number of imidazole rings is 1. The van der Waals surface area contributed by atoms with Crippen molar-refractivity contribution in [3.05, 3.63) is 77.2 Å². The third kappa shape index (κ3) is 3.77. The number of amides is 1. The van der Waals surface area contributed by atoms with Gasteiger partial charge < -0.3 is 5.32 Å². The van der Waals surface area contributed by atoms with Gasteiger partial charge >= 0.3 is 6.18 Å². The van der Waals surface area contributed by atoms with Crippen LogP contribution in [-0.4, -0.2) is 25.5 Å². The number of nitrogens with one attached hydrogen (secondary N) is 1. The molecule has 0 spiro atoms. The third-order valence-electron chi connectivity index (χ3n) is 4.03. The second kappa shape index (κ2) is 7.17. The number of carbonyl (C=O) groups is 1. The SMILES string of the molecule is O=C(Nc1cccc(C(F)(F)F)n1)c1ccc2ncc(-c3ccccc3Cl)n2n1. The van der Waals surface area contributed by atoms with Gasteiger partial charge in [0.15, 0.2) is 5.65 Å². The number of anilines is 1. The number of aromatic nitrogens is 4. The molecule has 1 amide bonds. The smallest absolute Gasteiger partial charge is 0.305 e. The molecule has 4 aromatic rings. The molecule has 146 valence electrons. The van der Waals surface area contributed by atoms with E-state index in [1.165, 1.54) is 16.6 Å². The standard InChI is InChI=1S/C19H11ClF3N5O/c20-12-5-2-1-4-11(12)14-10-24-17-9-8-13(27-28(14)17)18(29)26-16-7-3-6-15(25-16)19(21,22)23/h1-10H,(H,25,26,29). The van der Waals surface area contributed by atoms with Crippen molar-refractivity contribution in [1.29, 1.82) is 0 Å². The summed E-state index contributed by atoms with van der Waals surface area (Å²) in [5, 5.41) is 7.06. The first-order chi connectivity index (χ1) is 13.8. The fraction of sp³-hybridized carbons (Fsp3) is 0.0526. The quantitative estimate of drug-likeness (QED) is 0.523. The van der Waals surface area contributed by atoms with Crippen LogP contribution in [0.4, 0.5) is 19.0 Å². The Bertz CT molecular complexity index is 1220. The van der Waals surface area contributed by atoms with Crippen LogP contribution in [0.15, 0.2) is 60.8 Å². The number of hydrogen-bond acceptors (Lipinski definition) is 4. The molecule has 0 aliphatic rings. The minimum absolute atomic E-state index is 0.0250. The number of pyridine rings is 1. The molecule has 4 rings (SSSR count). The van der Waals surface area contributed by atoms with Crippen LogP contribution in [0.5, 0.6) is 0 Å². The van der Waals surface area contributed by atoms with Crippen molar-refractivity contribution in [3.8, 4) is 11.3 Å². The molecule has 0 radical (unpaired) electrons. The summed E-state index contributed by atoms with van der Waals surface area (Å²) in [5.74, 6) is -0.943. The summed E-state index contributed by atoms with van der Waals surface area (Å²) in [6.45, 7) is 0. The number of halogens is 4. The molecule has 0 saturated carbocycles. The number of rotatable bonds is 3. The van der Waals surface area contributed by atoms with Gasteiger partial charge in [0.25, 0.3) is 5.91 Å². The van der Waals surface area contributed by atoms with Gasteiger partial charge in [0.2, 0.25) is 0 Å². The Kier molecular flexibility index (Phi) is 4.67. The van der Waals surface area contributed by atoms with Gasteiger partial charge in [-0.1, -0.05) is 35.9 Å². The number of fused-ring (bicyclic) bond motifs is 1. The van der Waals surface area contributed by atoms with Crippen molar-refractivity contribution in [3.63, 3.8) is 0 Å². The molecule has 3 heterocycles. The van der Waals surface area contributed by atoms with Crippen LogP contribution in [0.1, 0.15) is 16.2 Å². The predicted octanol–water partition coefficient (Wildman–Crippen LogP) is 4.72. The van der Waals surface area contributed by atoms with Crippen LogP contribution < -0.4 is 5.32 Å². The maximum absolute atomic E-state index is 12.8. The van der Waals surface area contributed by atoms with E-state index in [0.717, 1.165) is 12.1 Å². The minimum Gasteiger partial charge on any atom is -0.305 e. The molecule has 0 saturated heterocycles. The maximum atomic E-state index is 12.8. The van der Waals surface area contributed by atoms with Crippen molar-refractivity contribution >= 4 is 29.0 Å². The van der Waals surface area contributed by atoms with Crippen molar-refractivity contribution < 1.29 is 18.0 Å². The van der Waals surface area contributed by atoms with Crippen LogP contribution >= 0.6 is 11.6 Å². The van der Waals surface area contributed by atoms with Crippen LogP contribution in [0.25, 0.3) is 16.9 Å². The summed E-state index contributed by atoms with van der Waals surface area (Å²) in [7, 11) is 0. The third-order valence-corrected chi connectivity index (χ3v) is 4.36. The van der Waals surface area contributed by atoms with Gasteiger partial charge in [-0.2, -0.15) is 18.3 Å². The Morgan fingerprint density at radius 3 is 2.59 bits per heavy atom. The van der Waals surface area contributed by atoms with Crippen molar-refractivity contribution in [1.82, 2.24) is 19.6 Å². The van der Waals surface area contributed by atoms with E-state index in [0.29, 0.717) is 21.9 Å². The van der Waals surface area contributed by atoms with Crippen LogP contribution in [-0.2, 0) is 6.18 Å². The van der Waals surface area contributed by atoms with Gasteiger partial charge in [0.05, 0.1) is 16.9 Å². The second-order valence-electron chi connectivity index (χ2n) is 5.97. The van der Waals surface area contributed by atoms with Gasteiger partial charge in [-0.25, -0.2) is 14.5 Å². The molecule has 0 aliphatic carbocycles. The highest BCUT2D eigenvalue weighted by molar-refractivity contribution is 6.33. The van der Waals surface area contributed by atoms with Crippen LogP contribution in [0.3, 0.4) is 0 Å². The Morgan fingerprint density at radius 1 is 1.03 bits per heavy atom. The molecule has 29 heavy (non-hydrogen) atoms. The summed E-state index contributed by atoms with van der Waals surface area (Å²) in [6.07, 6.45) is -3.04. The van der Waals surface area contributed by atoms with E-state index in [2.05, 4.69) is 20.4 Å². The fourth-order valence-electron chi connectivity index (χ4n) is 2.69. The summed E-state index contributed by atoms with van der Waals surface area (Å²) in [5.41, 5.74) is 0.592. The second-order valence-corrected chi connectivity index (χ2v) is 6.38. The van der Waals surface area contributed by atoms with E-state index >= 15 is 0 Å². The zero-order valence-electron chi connectivity index (χ0n) is 14.5. The first-order valence-electron chi connectivity index (χ1n) is 8.28. The van der Waals surface area contributed by atoms with Crippen molar-refractivity contribution in [2.24, 2.45) is 0 Å². The van der Waals surface area contributed by atoms with E-state index in [1.807, 2.05) is 0 Å². The molecule has 0 bridgehead atoms. The molecule has 10 heteroatoms. The maximum Gasteiger partial charge on any atom is 0.433 e. The molecular weight excluding hydrogens is 407 g/mol. The fourth-order valence-corrected chi connectivity index (χ4v) is 2.92. The van der Waals surface area contributed by atoms with Crippen LogP contribution in [0.2, 0.25) is 5.02 Å². The molecule has 0 atom stereocenters. The lowest BCUT2D eigenvalue weighted by molar-refractivity contribution is -0.141. The van der Waals surface area contributed by atoms with E-state index in [4.69, 9.17) is 11.6 Å². The van der Waals surface area contributed by atoms with E-state index in [1.54, 1.807) is 36.5 Å². The molecule has 0 aliphatic heterocycles. The number of hydrogen-bond donors (Lipinski definition) is 1. The predicted molar refractivity (Wildman–Crippen MR) is 101 cm³/mol. The lowest BCUT2D eigenvalue weighted by Gasteiger charge is -2.09. The normalized spacial score (nSPS) is 11.6. The number of alkyl halides is 3. The zero-order chi connectivity index (χ0) is 20.6. The Balaban J connectivity index is 1.67. The molecule has 0 fully saturated rings. The van der Waals surface area contributed by atoms with Crippen molar-refractivity contribution in [2.45, 2.75) is 6.18 Å². The Morgan fingerprint density at radius 2 is 1.83 bits per heavy atom. The summed E-state index contributed by atoms with van der Waals surface area (Å²) >= 11 is 6.23. The molecule has 0 unspecified atom stereocenters. The van der Waals surface area contributed by atoms with E-state index in [9.17, 15) is 18.0 Å². The van der Waals surface area contributed by atoms with Crippen LogP contribution in [0, 0.1) is 0 Å². The van der Waals surface area contributed by atoms with E-state index < -0.39 is 17.8 Å². The Hall–Kier alpha value is -3.46. The monoisotopic (exact) mass is 417 g/mol. The summed E-state index contributed by atoms with van der Waals surface area (Å²) < 4.78 is 39.8. The highest BCUT2D eigenvalue weighted by atomic mass is 35.5. The molecular formula is C19H11ClF3N5O. The number of nitrogens with zero attached hydrogens (tertiary/aromatic N) is 4. The number of benzene rings is 1. The van der Waals surface area contributed by atoms with Gasteiger partial charge in [-0.15, -0.1) is 0 Å². The topological polar surface area (TPSA) is 72.2 Å². The molecule has 6 nitrogen and oxygen atoms in total. The van der Waals surface area contributed by atoms with Gasteiger partial charge in [-0.3, -0.25) is 4.79 Å². The first kappa shape index (κ1) is 18.9. The lowest BCUT2D eigenvalue weighted by atomic mass is 10.2. The van der Waals surface area contributed by atoms with Crippen molar-refractivity contribution in [2.75, 3.05) is 5.32 Å². The Labute approximate surface area is 167 Å². The minimum atomic E-state index is -4.61. The average molecular weight is 418 g/mol. The van der Waals surface area contributed by atoms with E-state index in [-0.39, 0.29) is 11.5 Å². The van der Waals surface area contributed by atoms with Gasteiger partial charge in [-0.05, 0) is 30.3 Å². The highest BCUT2D eigenvalue weighted by Gasteiger charge is 2.32. The first-order valence-corrected chi connectivity index (χ1v) is 8.66. The molecule has 3 aromatic heterocycles. The highest BCUT2D eigenvalue weighted by Crippen LogP contribution is 2.29. The average Bonchev–Trinajstić information content (AvgIpc) is 3.11. The lowest BCUT2D eigenvalue weighted by Crippen LogP contribution is -2.17. The number of carbonyl (C=O) groups excluding carboxylic acids is 1. The van der Waals surface area contributed by atoms with Gasteiger partial charge in [0.1, 0.15) is 17.2 Å². The zero-order valence-corrected chi connectivity index (χ0v) is 15.2. The summed E-state index contributed by atoms with van der Waals surface area (Å²) in [6, 6.07) is 13.3. The molecule has 1 N–H and O–H groups in total. The van der Waals surface area contributed by atoms with Gasteiger partial charge in [0, 0.05) is 5.56 Å².